The van der Waals surface area contributed by atoms with Crippen LogP contribution in [-0.4, -0.2) is 31.3 Å². The van der Waals surface area contributed by atoms with Crippen LogP contribution in [0.4, 0.5) is 0 Å². The van der Waals surface area contributed by atoms with E-state index in [0.717, 1.165) is 36.9 Å². The molecule has 0 aromatic heterocycles. The Labute approximate surface area is 131 Å². The van der Waals surface area contributed by atoms with Gasteiger partial charge in [-0.05, 0) is 55.9 Å². The zero-order valence-corrected chi connectivity index (χ0v) is 13.8. The van der Waals surface area contributed by atoms with Crippen molar-refractivity contribution in [3.63, 3.8) is 0 Å². The summed E-state index contributed by atoms with van der Waals surface area (Å²) in [7, 11) is 1.75. The van der Waals surface area contributed by atoms with Crippen molar-refractivity contribution in [2.75, 3.05) is 25.2 Å². The smallest absolute Gasteiger partial charge is 0.123 e. The third kappa shape index (κ3) is 3.67. The van der Waals surface area contributed by atoms with E-state index in [2.05, 4.69) is 36.1 Å². The fraction of sp³-hybridized carbons (Fsp3) is 0.647. The Morgan fingerprint density at radius 2 is 2.14 bits per heavy atom. The molecule has 4 heteroatoms. The Bertz CT molecular complexity index is 486. The van der Waals surface area contributed by atoms with Crippen LogP contribution >= 0.6 is 11.8 Å². The van der Waals surface area contributed by atoms with Crippen LogP contribution in [0.15, 0.2) is 12.1 Å². The number of thioether (sulfide) groups is 1. The van der Waals surface area contributed by atoms with Crippen LogP contribution in [0.25, 0.3) is 0 Å². The lowest BCUT2D eigenvalue weighted by Gasteiger charge is -2.22. The Morgan fingerprint density at radius 1 is 1.33 bits per heavy atom. The molecule has 0 saturated carbocycles. The summed E-state index contributed by atoms with van der Waals surface area (Å²) in [6.45, 7) is 4.08. The van der Waals surface area contributed by atoms with Crippen molar-refractivity contribution in [3.05, 3.63) is 23.3 Å². The largest absolute Gasteiger partial charge is 0.496 e. The van der Waals surface area contributed by atoms with E-state index in [1.807, 2.05) is 0 Å². The minimum absolute atomic E-state index is 0.285. The molecule has 3 rings (SSSR count). The zero-order chi connectivity index (χ0) is 14.7. The van der Waals surface area contributed by atoms with Crippen LogP contribution in [0, 0.1) is 5.92 Å². The lowest BCUT2D eigenvalue weighted by Crippen LogP contribution is -2.25. The molecule has 116 valence electrons. The van der Waals surface area contributed by atoms with E-state index in [-0.39, 0.29) is 6.10 Å². The van der Waals surface area contributed by atoms with Gasteiger partial charge >= 0.3 is 0 Å². The van der Waals surface area contributed by atoms with E-state index in [9.17, 15) is 0 Å². The SMILES string of the molecule is COc1cc2c(cc1CNCC1CCSCC1)OC(C)C2. The Hall–Kier alpha value is -0.870. The van der Waals surface area contributed by atoms with Crippen molar-refractivity contribution in [1.82, 2.24) is 5.32 Å². The molecule has 0 radical (unpaired) electrons. The first-order chi connectivity index (χ1) is 10.3. The van der Waals surface area contributed by atoms with E-state index in [1.54, 1.807) is 7.11 Å². The van der Waals surface area contributed by atoms with Gasteiger partial charge in [0.15, 0.2) is 0 Å². The van der Waals surface area contributed by atoms with Gasteiger partial charge in [0.05, 0.1) is 7.11 Å². The number of rotatable bonds is 5. The van der Waals surface area contributed by atoms with Crippen LogP contribution in [0.3, 0.4) is 0 Å². The molecule has 0 amide bonds. The predicted molar refractivity (Wildman–Crippen MR) is 88.5 cm³/mol. The summed E-state index contributed by atoms with van der Waals surface area (Å²) in [5.41, 5.74) is 2.47. The first-order valence-corrected chi connectivity index (χ1v) is 9.06. The highest BCUT2D eigenvalue weighted by Crippen LogP contribution is 2.35. The molecule has 1 aromatic carbocycles. The summed E-state index contributed by atoms with van der Waals surface area (Å²) < 4.78 is 11.4. The van der Waals surface area contributed by atoms with E-state index in [0.29, 0.717) is 0 Å². The number of nitrogens with one attached hydrogen (secondary N) is 1. The van der Waals surface area contributed by atoms with Gasteiger partial charge in [0.1, 0.15) is 17.6 Å². The van der Waals surface area contributed by atoms with E-state index >= 15 is 0 Å². The van der Waals surface area contributed by atoms with Crippen molar-refractivity contribution in [1.29, 1.82) is 0 Å². The quantitative estimate of drug-likeness (QED) is 0.904. The molecule has 1 fully saturated rings. The van der Waals surface area contributed by atoms with Crippen LogP contribution in [0.2, 0.25) is 0 Å². The van der Waals surface area contributed by atoms with E-state index in [1.165, 1.54) is 35.5 Å². The molecule has 1 atom stereocenters. The summed E-state index contributed by atoms with van der Waals surface area (Å²) in [5, 5.41) is 3.60. The number of methoxy groups -OCH3 is 1. The number of hydrogen-bond acceptors (Lipinski definition) is 4. The number of hydrogen-bond donors (Lipinski definition) is 1. The monoisotopic (exact) mass is 307 g/mol. The highest BCUT2D eigenvalue weighted by atomic mass is 32.2. The maximum Gasteiger partial charge on any atom is 0.123 e. The molecule has 2 heterocycles. The fourth-order valence-electron chi connectivity index (χ4n) is 3.17. The Balaban J connectivity index is 1.60. The van der Waals surface area contributed by atoms with E-state index < -0.39 is 0 Å². The molecule has 3 nitrogen and oxygen atoms in total. The molecule has 1 N–H and O–H groups in total. The summed E-state index contributed by atoms with van der Waals surface area (Å²) in [4.78, 5) is 0. The highest BCUT2D eigenvalue weighted by molar-refractivity contribution is 7.99. The fourth-order valence-corrected chi connectivity index (χ4v) is 4.38. The number of ether oxygens (including phenoxy) is 2. The first-order valence-electron chi connectivity index (χ1n) is 7.91. The maximum atomic E-state index is 5.86. The van der Waals surface area contributed by atoms with Gasteiger partial charge in [-0.3, -0.25) is 0 Å². The molecule has 1 saturated heterocycles. The summed E-state index contributed by atoms with van der Waals surface area (Å²) >= 11 is 2.08. The van der Waals surface area contributed by atoms with Crippen LogP contribution in [0.5, 0.6) is 11.5 Å². The number of benzene rings is 1. The molecular formula is C17H25NO2S. The first kappa shape index (κ1) is 15.0. The van der Waals surface area contributed by atoms with Crippen LogP contribution < -0.4 is 14.8 Å². The molecule has 0 bridgehead atoms. The summed E-state index contributed by atoms with van der Waals surface area (Å²) in [6.07, 6.45) is 3.96. The normalized spacial score (nSPS) is 21.9. The second kappa shape index (κ2) is 6.93. The lowest BCUT2D eigenvalue weighted by molar-refractivity contribution is 0.254. The summed E-state index contributed by atoms with van der Waals surface area (Å²) in [5.74, 6) is 5.50. The minimum atomic E-state index is 0.285. The molecule has 0 spiro atoms. The van der Waals surface area contributed by atoms with Crippen molar-refractivity contribution in [2.24, 2.45) is 5.92 Å². The van der Waals surface area contributed by atoms with Gasteiger partial charge in [-0.25, -0.2) is 0 Å². The summed E-state index contributed by atoms with van der Waals surface area (Å²) in [6, 6.07) is 4.30. The van der Waals surface area contributed by atoms with Crippen LogP contribution in [0.1, 0.15) is 30.9 Å². The van der Waals surface area contributed by atoms with Gasteiger partial charge in [-0.15, -0.1) is 0 Å². The van der Waals surface area contributed by atoms with Gasteiger partial charge < -0.3 is 14.8 Å². The van der Waals surface area contributed by atoms with Gasteiger partial charge in [0.2, 0.25) is 0 Å². The molecule has 1 unspecified atom stereocenters. The molecule has 0 aliphatic carbocycles. The van der Waals surface area contributed by atoms with Gasteiger partial charge in [-0.2, -0.15) is 11.8 Å². The lowest BCUT2D eigenvalue weighted by atomic mass is 10.0. The third-order valence-electron chi connectivity index (χ3n) is 4.39. The zero-order valence-electron chi connectivity index (χ0n) is 13.0. The van der Waals surface area contributed by atoms with Gasteiger partial charge in [0, 0.05) is 24.1 Å². The average molecular weight is 307 g/mol. The highest BCUT2D eigenvalue weighted by Gasteiger charge is 2.21. The molecular weight excluding hydrogens is 282 g/mol. The minimum Gasteiger partial charge on any atom is -0.496 e. The number of fused-ring (bicyclic) bond motifs is 1. The Kier molecular flexibility index (Phi) is 4.96. The molecule has 2 aliphatic rings. The molecule has 21 heavy (non-hydrogen) atoms. The van der Waals surface area contributed by atoms with Gasteiger partial charge in [0.25, 0.3) is 0 Å². The second-order valence-electron chi connectivity index (χ2n) is 6.09. The predicted octanol–water partition coefficient (Wildman–Crippen LogP) is 3.25. The second-order valence-corrected chi connectivity index (χ2v) is 7.32. The Morgan fingerprint density at radius 3 is 2.90 bits per heavy atom. The standard InChI is InChI=1S/C17H25NO2S/c1-12-7-14-8-16(19-2)15(9-17(14)20-12)11-18-10-13-3-5-21-6-4-13/h8-9,12-13,18H,3-7,10-11H2,1-2H3. The third-order valence-corrected chi connectivity index (χ3v) is 5.44. The van der Waals surface area contributed by atoms with Crippen molar-refractivity contribution >= 4 is 11.8 Å². The van der Waals surface area contributed by atoms with Crippen LogP contribution in [-0.2, 0) is 13.0 Å². The topological polar surface area (TPSA) is 30.5 Å². The van der Waals surface area contributed by atoms with Crippen molar-refractivity contribution < 1.29 is 9.47 Å². The van der Waals surface area contributed by atoms with E-state index in [4.69, 9.17) is 9.47 Å². The maximum absolute atomic E-state index is 5.86. The average Bonchev–Trinajstić information content (AvgIpc) is 2.86. The van der Waals surface area contributed by atoms with Crippen molar-refractivity contribution in [3.8, 4) is 11.5 Å². The molecule has 1 aromatic rings. The van der Waals surface area contributed by atoms with Crippen molar-refractivity contribution in [2.45, 2.75) is 38.8 Å². The molecule has 2 aliphatic heterocycles. The van der Waals surface area contributed by atoms with Gasteiger partial charge in [-0.1, -0.05) is 0 Å².